The second-order valence-electron chi connectivity index (χ2n) is 5.75. The second-order valence-corrected chi connectivity index (χ2v) is 6.19. The van der Waals surface area contributed by atoms with Crippen LogP contribution in [0.3, 0.4) is 0 Å². The van der Waals surface area contributed by atoms with E-state index in [1.807, 2.05) is 32.0 Å². The molecule has 0 spiro atoms. The SMILES string of the molecule is CCc1cccc(C)c1NC(=O)c1c(CC)nc2cc(Cl)ccn12. The molecule has 0 radical (unpaired) electrons. The second kappa shape index (κ2) is 6.65. The number of rotatable bonds is 4. The number of nitrogens with one attached hydrogen (secondary N) is 1. The molecule has 3 rings (SSSR count). The van der Waals surface area contributed by atoms with Gasteiger partial charge in [0.2, 0.25) is 0 Å². The lowest BCUT2D eigenvalue weighted by Gasteiger charge is -2.13. The first-order valence-corrected chi connectivity index (χ1v) is 8.49. The fourth-order valence-corrected chi connectivity index (χ4v) is 3.08. The zero-order valence-electron chi connectivity index (χ0n) is 14.1. The normalized spacial score (nSPS) is 11.0. The van der Waals surface area contributed by atoms with E-state index in [2.05, 4.69) is 17.2 Å². The maximum atomic E-state index is 13.0. The molecule has 0 aliphatic heterocycles. The van der Waals surface area contributed by atoms with E-state index in [9.17, 15) is 4.79 Å². The molecule has 2 aromatic heterocycles. The topological polar surface area (TPSA) is 46.4 Å². The van der Waals surface area contributed by atoms with Crippen molar-refractivity contribution in [3.05, 3.63) is 64.1 Å². The number of para-hydroxylation sites is 1. The van der Waals surface area contributed by atoms with E-state index in [1.165, 1.54) is 0 Å². The molecule has 1 amide bonds. The van der Waals surface area contributed by atoms with E-state index >= 15 is 0 Å². The molecule has 5 heteroatoms. The standard InChI is InChI=1S/C19H20ClN3O/c1-4-13-8-6-7-12(3)17(13)22-19(24)18-15(5-2)21-16-11-14(20)9-10-23(16)18/h6-11H,4-5H2,1-3H3,(H,22,24). The Morgan fingerprint density at radius 3 is 2.75 bits per heavy atom. The number of carbonyl (C=O) groups excluding carboxylic acids is 1. The quantitative estimate of drug-likeness (QED) is 0.749. The molecule has 1 N–H and O–H groups in total. The molecule has 4 nitrogen and oxygen atoms in total. The zero-order chi connectivity index (χ0) is 17.3. The van der Waals surface area contributed by atoms with Crippen LogP contribution in [0.5, 0.6) is 0 Å². The van der Waals surface area contributed by atoms with E-state index in [0.29, 0.717) is 22.8 Å². The number of imidazole rings is 1. The van der Waals surface area contributed by atoms with Gasteiger partial charge in [-0.1, -0.05) is 43.6 Å². The van der Waals surface area contributed by atoms with Gasteiger partial charge >= 0.3 is 0 Å². The van der Waals surface area contributed by atoms with Gasteiger partial charge < -0.3 is 5.32 Å². The zero-order valence-corrected chi connectivity index (χ0v) is 14.8. The Bertz CT molecular complexity index is 914. The van der Waals surface area contributed by atoms with Gasteiger partial charge in [0, 0.05) is 23.0 Å². The summed E-state index contributed by atoms with van der Waals surface area (Å²) in [6.45, 7) is 6.08. The number of amides is 1. The number of benzene rings is 1. The number of fused-ring (bicyclic) bond motifs is 1. The molecule has 0 bridgehead atoms. The highest BCUT2D eigenvalue weighted by atomic mass is 35.5. The van der Waals surface area contributed by atoms with Crippen LogP contribution in [0.1, 0.15) is 41.2 Å². The summed E-state index contributed by atoms with van der Waals surface area (Å²) in [7, 11) is 0. The van der Waals surface area contributed by atoms with E-state index in [0.717, 1.165) is 28.9 Å². The highest BCUT2D eigenvalue weighted by Gasteiger charge is 2.19. The van der Waals surface area contributed by atoms with E-state index in [4.69, 9.17) is 11.6 Å². The van der Waals surface area contributed by atoms with Crippen molar-refractivity contribution in [2.24, 2.45) is 0 Å². The molecule has 0 aliphatic carbocycles. The van der Waals surface area contributed by atoms with Gasteiger partial charge in [0.1, 0.15) is 11.3 Å². The van der Waals surface area contributed by atoms with E-state index < -0.39 is 0 Å². The average molecular weight is 342 g/mol. The van der Waals surface area contributed by atoms with Crippen molar-refractivity contribution < 1.29 is 4.79 Å². The third-order valence-corrected chi connectivity index (χ3v) is 4.42. The summed E-state index contributed by atoms with van der Waals surface area (Å²) in [5.74, 6) is -0.148. The van der Waals surface area contributed by atoms with Gasteiger partial charge in [-0.25, -0.2) is 4.98 Å². The summed E-state index contributed by atoms with van der Waals surface area (Å²) in [5.41, 5.74) is 5.08. The van der Waals surface area contributed by atoms with Crippen molar-refractivity contribution in [1.82, 2.24) is 9.38 Å². The highest BCUT2D eigenvalue weighted by molar-refractivity contribution is 6.30. The Hall–Kier alpha value is -2.33. The number of carbonyl (C=O) groups is 1. The first-order chi connectivity index (χ1) is 11.5. The molecule has 0 saturated heterocycles. The molecule has 0 aliphatic rings. The Kier molecular flexibility index (Phi) is 4.58. The molecule has 2 heterocycles. The van der Waals surface area contributed by atoms with Crippen molar-refractivity contribution in [2.45, 2.75) is 33.6 Å². The maximum absolute atomic E-state index is 13.0. The fraction of sp³-hybridized carbons (Fsp3) is 0.263. The van der Waals surface area contributed by atoms with Gasteiger partial charge in [-0.2, -0.15) is 0 Å². The smallest absolute Gasteiger partial charge is 0.274 e. The van der Waals surface area contributed by atoms with Crippen LogP contribution < -0.4 is 5.32 Å². The lowest BCUT2D eigenvalue weighted by molar-refractivity contribution is 0.102. The minimum absolute atomic E-state index is 0.148. The predicted octanol–water partition coefficient (Wildman–Crippen LogP) is 4.67. The van der Waals surface area contributed by atoms with Gasteiger partial charge in [0.15, 0.2) is 0 Å². The minimum atomic E-state index is -0.148. The Labute approximate surface area is 146 Å². The minimum Gasteiger partial charge on any atom is -0.320 e. The van der Waals surface area contributed by atoms with E-state index in [-0.39, 0.29) is 5.91 Å². The molecule has 0 saturated carbocycles. The molecule has 1 aromatic carbocycles. The van der Waals surface area contributed by atoms with Gasteiger partial charge in [-0.15, -0.1) is 0 Å². The third kappa shape index (κ3) is 2.89. The summed E-state index contributed by atoms with van der Waals surface area (Å²) in [5, 5.41) is 3.69. The van der Waals surface area contributed by atoms with Crippen LogP contribution in [0.2, 0.25) is 5.02 Å². The highest BCUT2D eigenvalue weighted by Crippen LogP contribution is 2.24. The number of hydrogen-bond acceptors (Lipinski definition) is 2. The first-order valence-electron chi connectivity index (χ1n) is 8.11. The lowest BCUT2D eigenvalue weighted by Crippen LogP contribution is -2.18. The Morgan fingerprint density at radius 1 is 1.25 bits per heavy atom. The van der Waals surface area contributed by atoms with Crippen molar-refractivity contribution in [3.63, 3.8) is 0 Å². The molecule has 24 heavy (non-hydrogen) atoms. The monoisotopic (exact) mass is 341 g/mol. The van der Waals surface area contributed by atoms with Crippen LogP contribution in [0.4, 0.5) is 5.69 Å². The number of aryl methyl sites for hydroxylation is 3. The summed E-state index contributed by atoms with van der Waals surface area (Å²) in [6, 6.07) is 9.58. The number of anilines is 1. The first kappa shape index (κ1) is 16.5. The summed E-state index contributed by atoms with van der Waals surface area (Å²) >= 11 is 6.04. The molecule has 0 atom stereocenters. The predicted molar refractivity (Wildman–Crippen MR) is 98.1 cm³/mol. The van der Waals surface area contributed by atoms with E-state index in [1.54, 1.807) is 22.7 Å². The fourth-order valence-electron chi connectivity index (χ4n) is 2.93. The maximum Gasteiger partial charge on any atom is 0.274 e. The third-order valence-electron chi connectivity index (χ3n) is 4.19. The van der Waals surface area contributed by atoms with Gasteiger partial charge in [-0.3, -0.25) is 9.20 Å². The van der Waals surface area contributed by atoms with Gasteiger partial charge in [0.05, 0.1) is 5.69 Å². The number of pyridine rings is 1. The molecule has 0 fully saturated rings. The van der Waals surface area contributed by atoms with Gasteiger partial charge in [0.25, 0.3) is 5.91 Å². The Balaban J connectivity index is 2.06. The molecule has 124 valence electrons. The number of aromatic nitrogens is 2. The number of hydrogen-bond donors (Lipinski definition) is 1. The summed E-state index contributed by atoms with van der Waals surface area (Å²) < 4.78 is 1.80. The Morgan fingerprint density at radius 2 is 2.04 bits per heavy atom. The van der Waals surface area contributed by atoms with Crippen LogP contribution >= 0.6 is 11.6 Å². The van der Waals surface area contributed by atoms with Crippen molar-refractivity contribution in [1.29, 1.82) is 0 Å². The lowest BCUT2D eigenvalue weighted by atomic mass is 10.1. The van der Waals surface area contributed by atoms with Crippen LogP contribution in [-0.4, -0.2) is 15.3 Å². The molecule has 0 unspecified atom stereocenters. The van der Waals surface area contributed by atoms with Crippen LogP contribution in [-0.2, 0) is 12.8 Å². The number of nitrogens with zero attached hydrogens (tertiary/aromatic N) is 2. The summed E-state index contributed by atoms with van der Waals surface area (Å²) in [4.78, 5) is 17.5. The molecular formula is C19H20ClN3O. The van der Waals surface area contributed by atoms with Crippen molar-refractivity contribution >= 4 is 28.8 Å². The molecular weight excluding hydrogens is 322 g/mol. The van der Waals surface area contributed by atoms with Crippen LogP contribution in [0.15, 0.2) is 36.5 Å². The number of halogens is 1. The van der Waals surface area contributed by atoms with Crippen molar-refractivity contribution in [3.8, 4) is 0 Å². The van der Waals surface area contributed by atoms with Crippen LogP contribution in [0.25, 0.3) is 5.65 Å². The summed E-state index contributed by atoms with van der Waals surface area (Å²) in [6.07, 6.45) is 3.33. The average Bonchev–Trinajstić information content (AvgIpc) is 2.94. The van der Waals surface area contributed by atoms with Gasteiger partial charge in [-0.05, 0) is 37.0 Å². The van der Waals surface area contributed by atoms with Crippen molar-refractivity contribution in [2.75, 3.05) is 5.32 Å². The largest absolute Gasteiger partial charge is 0.320 e. The molecule has 3 aromatic rings. The van der Waals surface area contributed by atoms with Crippen LogP contribution in [0, 0.1) is 6.92 Å².